The summed E-state index contributed by atoms with van der Waals surface area (Å²) in [5, 5.41) is 3.50. The molecule has 0 saturated heterocycles. The minimum atomic E-state index is -0.134. The fourth-order valence-corrected chi connectivity index (χ4v) is 3.14. The molecule has 0 aromatic heterocycles. The quantitative estimate of drug-likeness (QED) is 0.842. The standard InChI is InChI=1S/C14H12AsClNOS/c15-11-5-10(6-12(19)7-11)14(18)17-8-9-3-1-2-4-13(9)16/h1-7H,8,15H2,(H,17,18). The van der Waals surface area contributed by atoms with Gasteiger partial charge in [-0.1, -0.05) is 0 Å². The maximum atomic E-state index is 12.0. The van der Waals surface area contributed by atoms with Gasteiger partial charge in [-0.05, 0) is 0 Å². The van der Waals surface area contributed by atoms with Crippen molar-refractivity contribution in [3.63, 3.8) is 0 Å². The first-order chi connectivity index (χ1) is 9.06. The van der Waals surface area contributed by atoms with Crippen LogP contribution in [0.1, 0.15) is 15.9 Å². The van der Waals surface area contributed by atoms with Crippen molar-refractivity contribution in [2.75, 3.05) is 0 Å². The number of nitrogens with one attached hydrogen (secondary N) is 1. The fourth-order valence-electron chi connectivity index (χ4n) is 1.67. The van der Waals surface area contributed by atoms with Crippen LogP contribution in [-0.4, -0.2) is 22.8 Å². The predicted molar refractivity (Wildman–Crippen MR) is 83.1 cm³/mol. The number of carbonyl (C=O) groups is 1. The van der Waals surface area contributed by atoms with E-state index in [9.17, 15) is 4.79 Å². The average Bonchev–Trinajstić information content (AvgIpc) is 2.36. The molecule has 2 aromatic rings. The van der Waals surface area contributed by atoms with Crippen LogP contribution in [0, 0.1) is 0 Å². The van der Waals surface area contributed by atoms with Crippen LogP contribution in [0.3, 0.4) is 0 Å². The SMILES string of the molecule is O=C(NCc1ccccc1Cl)c1cc([S])cc([AsH2])c1. The second-order valence-corrected chi connectivity index (χ2v) is 6.34. The molecule has 0 aliphatic carbocycles. The van der Waals surface area contributed by atoms with Crippen molar-refractivity contribution >= 4 is 51.3 Å². The van der Waals surface area contributed by atoms with Crippen molar-refractivity contribution in [2.24, 2.45) is 0 Å². The van der Waals surface area contributed by atoms with Crippen LogP contribution >= 0.6 is 24.2 Å². The van der Waals surface area contributed by atoms with Crippen LogP contribution in [0.4, 0.5) is 0 Å². The minimum absolute atomic E-state index is 0.134. The predicted octanol–water partition coefficient (Wildman–Crippen LogP) is 2.08. The monoisotopic (exact) mass is 352 g/mol. The number of carbonyl (C=O) groups excluding carboxylic acids is 1. The van der Waals surface area contributed by atoms with Crippen LogP contribution in [0.15, 0.2) is 47.4 Å². The molecule has 2 aromatic carbocycles. The molecule has 1 atom stereocenters. The number of hydrogen-bond donors (Lipinski definition) is 1. The molecule has 0 bridgehead atoms. The Morgan fingerprint density at radius 2 is 2.00 bits per heavy atom. The zero-order valence-corrected chi connectivity index (χ0v) is 14.0. The summed E-state index contributed by atoms with van der Waals surface area (Å²) in [6, 6.07) is 12.9. The molecule has 1 N–H and O–H groups in total. The zero-order valence-electron chi connectivity index (χ0n) is 10.0. The van der Waals surface area contributed by atoms with Gasteiger partial charge in [-0.25, -0.2) is 0 Å². The van der Waals surface area contributed by atoms with Crippen LogP contribution in [-0.2, 0) is 6.54 Å². The third-order valence-corrected chi connectivity index (χ3v) is 3.89. The Morgan fingerprint density at radius 3 is 2.68 bits per heavy atom. The first kappa shape index (κ1) is 14.4. The topological polar surface area (TPSA) is 29.1 Å². The summed E-state index contributed by atoms with van der Waals surface area (Å²) in [6.45, 7) is 0.407. The summed E-state index contributed by atoms with van der Waals surface area (Å²) in [6.07, 6.45) is 0. The fraction of sp³-hybridized carbons (Fsp3) is 0.0714. The van der Waals surface area contributed by atoms with Crippen molar-refractivity contribution in [1.29, 1.82) is 0 Å². The molecule has 19 heavy (non-hydrogen) atoms. The molecule has 0 aliphatic rings. The Morgan fingerprint density at radius 1 is 1.26 bits per heavy atom. The Labute approximate surface area is 131 Å². The van der Waals surface area contributed by atoms with Gasteiger partial charge in [-0.3, -0.25) is 0 Å². The third kappa shape index (κ3) is 3.97. The first-order valence-electron chi connectivity index (χ1n) is 5.65. The molecule has 1 amide bonds. The molecule has 0 aliphatic heterocycles. The van der Waals surface area contributed by atoms with Gasteiger partial charge in [0.05, 0.1) is 0 Å². The molecule has 0 spiro atoms. The van der Waals surface area contributed by atoms with E-state index >= 15 is 0 Å². The molecule has 97 valence electrons. The number of benzene rings is 2. The summed E-state index contributed by atoms with van der Waals surface area (Å²) < 4.78 is 1.04. The first-order valence-corrected chi connectivity index (χ1v) is 7.65. The van der Waals surface area contributed by atoms with Crippen molar-refractivity contribution in [3.05, 3.63) is 58.6 Å². The molecule has 0 heterocycles. The van der Waals surface area contributed by atoms with E-state index in [2.05, 4.69) is 5.32 Å². The Bertz CT molecular complexity index is 598. The molecule has 1 radical (unpaired) electrons. The van der Waals surface area contributed by atoms with E-state index in [0.717, 1.165) is 9.91 Å². The zero-order chi connectivity index (χ0) is 13.8. The van der Waals surface area contributed by atoms with E-state index in [1.165, 1.54) is 16.9 Å². The molecule has 5 heteroatoms. The third-order valence-electron chi connectivity index (χ3n) is 2.59. The van der Waals surface area contributed by atoms with Gasteiger partial charge in [0.2, 0.25) is 0 Å². The van der Waals surface area contributed by atoms with Crippen molar-refractivity contribution in [3.8, 4) is 0 Å². The van der Waals surface area contributed by atoms with Crippen molar-refractivity contribution < 1.29 is 4.79 Å². The molecule has 0 saturated carbocycles. The number of amides is 1. The van der Waals surface area contributed by atoms with Crippen molar-refractivity contribution in [2.45, 2.75) is 11.4 Å². The molecular weight excluding hydrogens is 341 g/mol. The molecule has 1 unspecified atom stereocenters. The number of hydrogen-bond acceptors (Lipinski definition) is 1. The normalized spacial score (nSPS) is 10.2. The van der Waals surface area contributed by atoms with E-state index in [0.29, 0.717) is 22.0 Å². The molecular formula is C14H12AsClNOS. The Balaban J connectivity index is 2.08. The maximum absolute atomic E-state index is 12.0. The summed E-state index contributed by atoms with van der Waals surface area (Å²) in [5.74, 6) is -0.134. The van der Waals surface area contributed by atoms with E-state index in [4.69, 9.17) is 24.2 Å². The summed E-state index contributed by atoms with van der Waals surface area (Å²) in [4.78, 5) is 12.7. The van der Waals surface area contributed by atoms with Crippen LogP contribution in [0.25, 0.3) is 0 Å². The molecule has 0 fully saturated rings. The van der Waals surface area contributed by atoms with Crippen LogP contribution in [0.2, 0.25) is 5.02 Å². The summed E-state index contributed by atoms with van der Waals surface area (Å²) in [5.41, 5.74) is 1.49. The van der Waals surface area contributed by atoms with Crippen LogP contribution in [0.5, 0.6) is 0 Å². The number of rotatable bonds is 3. The summed E-state index contributed by atoms with van der Waals surface area (Å²) in [7, 11) is 0. The van der Waals surface area contributed by atoms with Gasteiger partial charge in [-0.15, -0.1) is 0 Å². The van der Waals surface area contributed by atoms with Gasteiger partial charge in [-0.2, -0.15) is 0 Å². The van der Waals surface area contributed by atoms with E-state index in [-0.39, 0.29) is 5.91 Å². The number of halogens is 1. The molecule has 2 nitrogen and oxygen atoms in total. The average molecular weight is 353 g/mol. The van der Waals surface area contributed by atoms with Crippen molar-refractivity contribution in [1.82, 2.24) is 5.32 Å². The van der Waals surface area contributed by atoms with Gasteiger partial charge in [0.1, 0.15) is 0 Å². The Kier molecular flexibility index (Phi) is 4.86. The Hall–Kier alpha value is -1.02. The van der Waals surface area contributed by atoms with Gasteiger partial charge >= 0.3 is 132 Å². The molecule has 2 rings (SSSR count). The van der Waals surface area contributed by atoms with Gasteiger partial charge < -0.3 is 0 Å². The van der Waals surface area contributed by atoms with Crippen LogP contribution < -0.4 is 9.67 Å². The second-order valence-electron chi connectivity index (χ2n) is 4.06. The second kappa shape index (κ2) is 6.42. The van der Waals surface area contributed by atoms with Gasteiger partial charge in [0, 0.05) is 0 Å². The van der Waals surface area contributed by atoms with E-state index in [1.807, 2.05) is 30.3 Å². The van der Waals surface area contributed by atoms with E-state index < -0.39 is 0 Å². The van der Waals surface area contributed by atoms with Gasteiger partial charge in [0.15, 0.2) is 0 Å². The van der Waals surface area contributed by atoms with Gasteiger partial charge in [0.25, 0.3) is 0 Å². The van der Waals surface area contributed by atoms with E-state index in [1.54, 1.807) is 12.1 Å². The summed E-state index contributed by atoms with van der Waals surface area (Å²) >= 11 is 12.6.